The molecule has 0 bridgehead atoms. The Bertz CT molecular complexity index is 748. The molecule has 2 heterocycles. The van der Waals surface area contributed by atoms with Gasteiger partial charge in [0.1, 0.15) is 11.3 Å². The van der Waals surface area contributed by atoms with Crippen LogP contribution >= 0.6 is 0 Å². The molecule has 0 atom stereocenters. The van der Waals surface area contributed by atoms with Gasteiger partial charge in [-0.05, 0) is 30.7 Å². The molecule has 3 rings (SSSR count). The van der Waals surface area contributed by atoms with Crippen molar-refractivity contribution in [2.24, 2.45) is 0 Å². The molecule has 0 fully saturated rings. The molecule has 1 N–H and O–H groups in total. The highest BCUT2D eigenvalue weighted by Crippen LogP contribution is 2.25. The molecule has 0 saturated heterocycles. The third-order valence-corrected chi connectivity index (χ3v) is 3.20. The molecule has 0 radical (unpaired) electrons. The second kappa shape index (κ2) is 5.17. The minimum Gasteiger partial charge on any atom is -0.461 e. The van der Waals surface area contributed by atoms with E-state index >= 15 is 0 Å². The van der Waals surface area contributed by atoms with Crippen molar-refractivity contribution in [3.8, 4) is 0 Å². The van der Waals surface area contributed by atoms with Crippen LogP contribution in [0.15, 0.2) is 53.2 Å². The van der Waals surface area contributed by atoms with Gasteiger partial charge in [0.15, 0.2) is 0 Å². The third-order valence-electron chi connectivity index (χ3n) is 3.20. The second-order valence-electron chi connectivity index (χ2n) is 4.57. The fourth-order valence-electron chi connectivity index (χ4n) is 2.22. The lowest BCUT2D eigenvalue weighted by atomic mass is 10.1. The molecule has 2 aromatic heterocycles. The first-order valence-corrected chi connectivity index (χ1v) is 6.41. The van der Waals surface area contributed by atoms with E-state index in [0.29, 0.717) is 17.9 Å². The molecule has 0 aliphatic rings. The van der Waals surface area contributed by atoms with Crippen molar-refractivity contribution in [3.05, 3.63) is 65.7 Å². The number of pyridine rings is 1. The molecule has 1 amide bonds. The van der Waals surface area contributed by atoms with Crippen molar-refractivity contribution < 1.29 is 9.21 Å². The number of hydrogen-bond donors (Lipinski definition) is 1. The van der Waals surface area contributed by atoms with Gasteiger partial charge in [0.2, 0.25) is 0 Å². The Labute approximate surface area is 116 Å². The maximum Gasteiger partial charge on any atom is 0.255 e. The van der Waals surface area contributed by atoms with Gasteiger partial charge in [-0.3, -0.25) is 9.78 Å². The molecule has 3 aromatic rings. The van der Waals surface area contributed by atoms with E-state index in [1.807, 2.05) is 36.4 Å². The zero-order chi connectivity index (χ0) is 13.9. The minimum absolute atomic E-state index is 0.121. The summed E-state index contributed by atoms with van der Waals surface area (Å²) in [6.45, 7) is 2.28. The van der Waals surface area contributed by atoms with E-state index in [0.717, 1.165) is 16.5 Å². The Morgan fingerprint density at radius 3 is 2.75 bits per heavy atom. The van der Waals surface area contributed by atoms with Crippen LogP contribution in [0, 0.1) is 6.92 Å². The van der Waals surface area contributed by atoms with Gasteiger partial charge in [-0.25, -0.2) is 0 Å². The number of fused-ring (bicyclic) bond motifs is 1. The van der Waals surface area contributed by atoms with Gasteiger partial charge in [-0.15, -0.1) is 0 Å². The summed E-state index contributed by atoms with van der Waals surface area (Å²) in [4.78, 5) is 16.3. The van der Waals surface area contributed by atoms with E-state index in [2.05, 4.69) is 10.3 Å². The van der Waals surface area contributed by atoms with E-state index in [-0.39, 0.29) is 5.91 Å². The second-order valence-corrected chi connectivity index (χ2v) is 4.57. The number of hydrogen-bond acceptors (Lipinski definition) is 3. The van der Waals surface area contributed by atoms with E-state index in [4.69, 9.17) is 4.42 Å². The average molecular weight is 266 g/mol. The highest BCUT2D eigenvalue weighted by atomic mass is 16.3. The largest absolute Gasteiger partial charge is 0.461 e. The van der Waals surface area contributed by atoms with Crippen molar-refractivity contribution in [1.82, 2.24) is 10.3 Å². The predicted octanol–water partition coefficient (Wildman–Crippen LogP) is 3.07. The number of carbonyl (C=O) groups is 1. The quantitative estimate of drug-likeness (QED) is 0.792. The van der Waals surface area contributed by atoms with Crippen LogP contribution in [-0.2, 0) is 6.54 Å². The summed E-state index contributed by atoms with van der Waals surface area (Å²) >= 11 is 0. The van der Waals surface area contributed by atoms with Gasteiger partial charge in [-0.2, -0.15) is 0 Å². The maximum absolute atomic E-state index is 12.3. The molecule has 0 unspecified atom stereocenters. The normalized spacial score (nSPS) is 10.7. The number of furan rings is 1. The van der Waals surface area contributed by atoms with Crippen LogP contribution < -0.4 is 5.32 Å². The summed E-state index contributed by atoms with van der Waals surface area (Å²) in [6.07, 6.45) is 3.42. The van der Waals surface area contributed by atoms with Crippen LogP contribution in [0.1, 0.15) is 21.7 Å². The van der Waals surface area contributed by atoms with Crippen molar-refractivity contribution in [2.45, 2.75) is 13.5 Å². The van der Waals surface area contributed by atoms with Gasteiger partial charge in [0, 0.05) is 24.3 Å². The lowest BCUT2D eigenvalue weighted by Gasteiger charge is -2.04. The Balaban J connectivity index is 1.84. The summed E-state index contributed by atoms with van der Waals surface area (Å²) in [5, 5.41) is 3.75. The maximum atomic E-state index is 12.3. The van der Waals surface area contributed by atoms with E-state index in [1.54, 1.807) is 19.3 Å². The first-order valence-electron chi connectivity index (χ1n) is 6.41. The number of carbonyl (C=O) groups excluding carboxylic acids is 1. The molecule has 0 aliphatic heterocycles. The summed E-state index contributed by atoms with van der Waals surface area (Å²) < 4.78 is 5.60. The Kier molecular flexibility index (Phi) is 3.21. The molecule has 20 heavy (non-hydrogen) atoms. The lowest BCUT2D eigenvalue weighted by Crippen LogP contribution is -2.23. The van der Waals surface area contributed by atoms with Crippen LogP contribution in [0.5, 0.6) is 0 Å². The summed E-state index contributed by atoms with van der Waals surface area (Å²) in [5.41, 5.74) is 2.35. The zero-order valence-corrected chi connectivity index (χ0v) is 11.1. The molecule has 100 valence electrons. The van der Waals surface area contributed by atoms with Crippen molar-refractivity contribution >= 4 is 16.9 Å². The highest BCUT2D eigenvalue weighted by molar-refractivity contribution is 6.07. The van der Waals surface area contributed by atoms with Crippen LogP contribution in [-0.4, -0.2) is 10.9 Å². The average Bonchev–Trinajstić information content (AvgIpc) is 2.82. The topological polar surface area (TPSA) is 55.1 Å². The molecule has 4 heteroatoms. The van der Waals surface area contributed by atoms with Crippen LogP contribution in [0.2, 0.25) is 0 Å². The third kappa shape index (κ3) is 2.28. The van der Waals surface area contributed by atoms with Gasteiger partial charge < -0.3 is 9.73 Å². The Morgan fingerprint density at radius 2 is 1.95 bits per heavy atom. The molecule has 0 saturated carbocycles. The SMILES string of the molecule is Cc1oc2ccccc2c1C(=O)NCc1ccncc1. The number of rotatable bonds is 3. The molecule has 0 aliphatic carbocycles. The van der Waals surface area contributed by atoms with E-state index in [1.165, 1.54) is 0 Å². The van der Waals surface area contributed by atoms with Crippen molar-refractivity contribution in [3.63, 3.8) is 0 Å². The molecular formula is C16H14N2O2. The number of aryl methyl sites for hydroxylation is 1. The number of amides is 1. The molecule has 0 spiro atoms. The van der Waals surface area contributed by atoms with Crippen LogP contribution in [0.25, 0.3) is 11.0 Å². The van der Waals surface area contributed by atoms with E-state index < -0.39 is 0 Å². The number of para-hydroxylation sites is 1. The first kappa shape index (κ1) is 12.4. The van der Waals surface area contributed by atoms with Gasteiger partial charge in [0.05, 0.1) is 5.56 Å². The van der Waals surface area contributed by atoms with Gasteiger partial charge in [0.25, 0.3) is 5.91 Å². The molecular weight excluding hydrogens is 252 g/mol. The van der Waals surface area contributed by atoms with Crippen molar-refractivity contribution in [2.75, 3.05) is 0 Å². The summed E-state index contributed by atoms with van der Waals surface area (Å²) in [7, 11) is 0. The monoisotopic (exact) mass is 266 g/mol. The zero-order valence-electron chi connectivity index (χ0n) is 11.1. The minimum atomic E-state index is -0.121. The Hall–Kier alpha value is -2.62. The number of aromatic nitrogens is 1. The fraction of sp³-hybridized carbons (Fsp3) is 0.125. The summed E-state index contributed by atoms with van der Waals surface area (Å²) in [5.74, 6) is 0.516. The van der Waals surface area contributed by atoms with Crippen molar-refractivity contribution in [1.29, 1.82) is 0 Å². The molecule has 4 nitrogen and oxygen atoms in total. The van der Waals surface area contributed by atoms with E-state index in [9.17, 15) is 4.79 Å². The predicted molar refractivity (Wildman–Crippen MR) is 76.4 cm³/mol. The standard InChI is InChI=1S/C16H14N2O2/c1-11-15(13-4-2-3-5-14(13)20-11)16(19)18-10-12-6-8-17-9-7-12/h2-9H,10H2,1H3,(H,18,19). The molecule has 1 aromatic carbocycles. The van der Waals surface area contributed by atoms with Crippen LogP contribution in [0.3, 0.4) is 0 Å². The number of benzene rings is 1. The fourth-order valence-corrected chi connectivity index (χ4v) is 2.22. The Morgan fingerprint density at radius 1 is 1.20 bits per heavy atom. The first-order chi connectivity index (χ1) is 9.75. The number of nitrogens with one attached hydrogen (secondary N) is 1. The smallest absolute Gasteiger partial charge is 0.255 e. The number of nitrogens with zero attached hydrogens (tertiary/aromatic N) is 1. The van der Waals surface area contributed by atoms with Crippen LogP contribution in [0.4, 0.5) is 0 Å². The van der Waals surface area contributed by atoms with Gasteiger partial charge >= 0.3 is 0 Å². The summed E-state index contributed by atoms with van der Waals surface area (Å²) in [6, 6.07) is 11.3. The lowest BCUT2D eigenvalue weighted by molar-refractivity contribution is 0.0951. The van der Waals surface area contributed by atoms with Gasteiger partial charge in [-0.1, -0.05) is 18.2 Å². The highest BCUT2D eigenvalue weighted by Gasteiger charge is 2.17.